The zero-order valence-electron chi connectivity index (χ0n) is 11.2. The van der Waals surface area contributed by atoms with Crippen molar-refractivity contribution in [2.24, 2.45) is 5.84 Å². The fourth-order valence-electron chi connectivity index (χ4n) is 2.16. The third-order valence-electron chi connectivity index (χ3n) is 3.02. The Balaban J connectivity index is 2.52. The van der Waals surface area contributed by atoms with Crippen molar-refractivity contribution in [2.45, 2.75) is 26.8 Å². The van der Waals surface area contributed by atoms with Gasteiger partial charge < -0.3 is 0 Å². The van der Waals surface area contributed by atoms with Gasteiger partial charge in [-0.2, -0.15) is 10.2 Å². The summed E-state index contributed by atoms with van der Waals surface area (Å²) in [6, 6.07) is 6.48. The van der Waals surface area contributed by atoms with Gasteiger partial charge in [-0.25, -0.2) is 9.82 Å². The Kier molecular flexibility index (Phi) is 3.87. The van der Waals surface area contributed by atoms with E-state index in [1.807, 2.05) is 32.9 Å². The molecule has 2 rings (SSSR count). The maximum Gasteiger partial charge on any atom is 0.123 e. The van der Waals surface area contributed by atoms with Gasteiger partial charge in [0.05, 0.1) is 17.4 Å². The van der Waals surface area contributed by atoms with Crippen LogP contribution in [0.3, 0.4) is 0 Å². The number of hydrogen-bond acceptors (Lipinski definition) is 4. The second-order valence-corrected chi connectivity index (χ2v) is 4.69. The first kappa shape index (κ1) is 13.6. The van der Waals surface area contributed by atoms with E-state index in [4.69, 9.17) is 5.84 Å². The fourth-order valence-corrected chi connectivity index (χ4v) is 2.16. The second kappa shape index (κ2) is 5.42. The number of nitrogens with one attached hydrogen (secondary N) is 1. The summed E-state index contributed by atoms with van der Waals surface area (Å²) >= 11 is 0. The summed E-state index contributed by atoms with van der Waals surface area (Å²) in [7, 11) is 0. The van der Waals surface area contributed by atoms with E-state index >= 15 is 0 Å². The molecule has 3 N–H and O–H groups in total. The molecule has 0 spiro atoms. The van der Waals surface area contributed by atoms with Gasteiger partial charge in [0.25, 0.3) is 0 Å². The average Bonchev–Trinajstić information content (AvgIpc) is 2.33. The predicted octanol–water partition coefficient (Wildman–Crippen LogP) is 2.09. The lowest BCUT2D eigenvalue weighted by molar-refractivity contribution is 0.599. The van der Waals surface area contributed by atoms with Crippen LogP contribution in [0.25, 0.3) is 0 Å². The molecule has 100 valence electrons. The van der Waals surface area contributed by atoms with Gasteiger partial charge in [0, 0.05) is 0 Å². The highest BCUT2D eigenvalue weighted by Crippen LogP contribution is 2.25. The molecule has 0 aliphatic heterocycles. The van der Waals surface area contributed by atoms with E-state index in [2.05, 4.69) is 15.6 Å². The molecule has 0 fully saturated rings. The smallest absolute Gasteiger partial charge is 0.123 e. The maximum absolute atomic E-state index is 13.5. The van der Waals surface area contributed by atoms with Crippen LogP contribution in [0.2, 0.25) is 0 Å². The molecule has 19 heavy (non-hydrogen) atoms. The Morgan fingerprint density at radius 2 is 1.84 bits per heavy atom. The van der Waals surface area contributed by atoms with Crippen LogP contribution in [0.4, 0.5) is 4.39 Å². The first-order chi connectivity index (χ1) is 9.01. The molecular formula is C14H17FN4. The minimum atomic E-state index is -0.302. The Labute approximate surface area is 111 Å². The van der Waals surface area contributed by atoms with Gasteiger partial charge in [-0.05, 0) is 55.7 Å². The first-order valence-electron chi connectivity index (χ1n) is 6.05. The summed E-state index contributed by atoms with van der Waals surface area (Å²) in [5, 5.41) is 8.07. The van der Waals surface area contributed by atoms with Crippen molar-refractivity contribution in [3.05, 3.63) is 58.2 Å². The molecule has 4 nitrogen and oxygen atoms in total. The molecule has 0 saturated carbocycles. The van der Waals surface area contributed by atoms with Crippen LogP contribution < -0.4 is 11.3 Å². The lowest BCUT2D eigenvalue weighted by atomic mass is 9.96. The summed E-state index contributed by atoms with van der Waals surface area (Å²) < 4.78 is 13.5. The van der Waals surface area contributed by atoms with Gasteiger partial charge in [0.2, 0.25) is 0 Å². The standard InChI is InChI=1S/C14H17FN4/c1-8-4-11(7-12(15)5-8)14(17-16)13-6-9(2)18-19-10(13)3/h4-7,14,17H,16H2,1-3H3. The summed E-state index contributed by atoms with van der Waals surface area (Å²) in [4.78, 5) is 0. The number of aryl methyl sites for hydroxylation is 3. The lowest BCUT2D eigenvalue weighted by Crippen LogP contribution is -2.30. The van der Waals surface area contributed by atoms with Crippen molar-refractivity contribution in [2.75, 3.05) is 0 Å². The monoisotopic (exact) mass is 260 g/mol. The van der Waals surface area contributed by atoms with E-state index < -0.39 is 0 Å². The molecule has 2 aromatic rings. The van der Waals surface area contributed by atoms with E-state index in [9.17, 15) is 4.39 Å². The number of aromatic nitrogens is 2. The van der Waals surface area contributed by atoms with E-state index in [1.165, 1.54) is 12.1 Å². The normalized spacial score (nSPS) is 12.5. The quantitative estimate of drug-likeness (QED) is 0.655. The highest BCUT2D eigenvalue weighted by molar-refractivity contribution is 5.36. The van der Waals surface area contributed by atoms with Gasteiger partial charge in [-0.15, -0.1) is 0 Å². The number of rotatable bonds is 3. The number of hydrogen-bond donors (Lipinski definition) is 2. The Hall–Kier alpha value is -1.85. The van der Waals surface area contributed by atoms with Crippen molar-refractivity contribution >= 4 is 0 Å². The molecular weight excluding hydrogens is 243 g/mol. The molecule has 0 bridgehead atoms. The van der Waals surface area contributed by atoms with Crippen LogP contribution in [0.15, 0.2) is 24.3 Å². The van der Waals surface area contributed by atoms with Gasteiger partial charge >= 0.3 is 0 Å². The first-order valence-corrected chi connectivity index (χ1v) is 6.05. The van der Waals surface area contributed by atoms with Gasteiger partial charge in [-0.3, -0.25) is 5.84 Å². The van der Waals surface area contributed by atoms with Crippen molar-refractivity contribution in [1.29, 1.82) is 0 Å². The van der Waals surface area contributed by atoms with Crippen molar-refractivity contribution in [1.82, 2.24) is 15.6 Å². The third-order valence-corrected chi connectivity index (χ3v) is 3.02. The van der Waals surface area contributed by atoms with Crippen LogP contribution in [0, 0.1) is 26.6 Å². The highest BCUT2D eigenvalue weighted by atomic mass is 19.1. The Morgan fingerprint density at radius 1 is 1.11 bits per heavy atom. The molecule has 1 atom stereocenters. The lowest BCUT2D eigenvalue weighted by Gasteiger charge is -2.19. The third kappa shape index (κ3) is 2.94. The molecule has 1 aromatic carbocycles. The van der Waals surface area contributed by atoms with E-state index in [-0.39, 0.29) is 11.9 Å². The van der Waals surface area contributed by atoms with E-state index in [0.717, 1.165) is 28.1 Å². The van der Waals surface area contributed by atoms with Crippen molar-refractivity contribution in [3.8, 4) is 0 Å². The Morgan fingerprint density at radius 3 is 2.47 bits per heavy atom. The van der Waals surface area contributed by atoms with Gasteiger partial charge in [-0.1, -0.05) is 6.07 Å². The number of nitrogens with zero attached hydrogens (tertiary/aromatic N) is 2. The summed E-state index contributed by atoms with van der Waals surface area (Å²) in [6.45, 7) is 5.57. The Bertz CT molecular complexity index is 578. The van der Waals surface area contributed by atoms with Crippen molar-refractivity contribution in [3.63, 3.8) is 0 Å². The molecule has 1 aromatic heterocycles. The topological polar surface area (TPSA) is 63.8 Å². The summed E-state index contributed by atoms with van der Waals surface area (Å²) in [6.07, 6.45) is 0. The van der Waals surface area contributed by atoms with Crippen LogP contribution in [0.1, 0.15) is 34.1 Å². The van der Waals surface area contributed by atoms with Crippen LogP contribution in [-0.4, -0.2) is 10.2 Å². The zero-order chi connectivity index (χ0) is 14.0. The number of halogens is 1. The van der Waals surface area contributed by atoms with Crippen molar-refractivity contribution < 1.29 is 4.39 Å². The minimum absolute atomic E-state index is 0.272. The van der Waals surface area contributed by atoms with Crippen LogP contribution in [0.5, 0.6) is 0 Å². The van der Waals surface area contributed by atoms with Crippen LogP contribution in [-0.2, 0) is 0 Å². The summed E-state index contributed by atoms with van der Waals surface area (Å²) in [5.74, 6) is 5.36. The zero-order valence-corrected chi connectivity index (χ0v) is 11.2. The van der Waals surface area contributed by atoms with Gasteiger partial charge in [0.15, 0.2) is 0 Å². The SMILES string of the molecule is Cc1cc(F)cc(C(NN)c2cc(C)nnc2C)c1. The second-order valence-electron chi connectivity index (χ2n) is 4.69. The predicted molar refractivity (Wildman–Crippen MR) is 71.8 cm³/mol. The minimum Gasteiger partial charge on any atom is -0.271 e. The fraction of sp³-hybridized carbons (Fsp3) is 0.286. The number of nitrogens with two attached hydrogens (primary N) is 1. The van der Waals surface area contributed by atoms with E-state index in [0.29, 0.717) is 0 Å². The molecule has 1 heterocycles. The molecule has 0 saturated heterocycles. The maximum atomic E-state index is 13.5. The molecule has 0 aliphatic rings. The molecule has 5 heteroatoms. The van der Waals surface area contributed by atoms with E-state index in [1.54, 1.807) is 0 Å². The molecule has 0 aliphatic carbocycles. The number of benzene rings is 1. The van der Waals surface area contributed by atoms with Gasteiger partial charge in [0.1, 0.15) is 5.82 Å². The average molecular weight is 260 g/mol. The molecule has 0 amide bonds. The summed E-state index contributed by atoms with van der Waals surface area (Å²) in [5.41, 5.74) is 6.83. The number of hydrazine groups is 1. The van der Waals surface area contributed by atoms with Crippen LogP contribution >= 0.6 is 0 Å². The molecule has 1 unspecified atom stereocenters. The largest absolute Gasteiger partial charge is 0.271 e. The molecule has 0 radical (unpaired) electrons. The highest BCUT2D eigenvalue weighted by Gasteiger charge is 2.17.